The van der Waals surface area contributed by atoms with E-state index in [1.54, 1.807) is 7.11 Å². The van der Waals surface area contributed by atoms with Crippen LogP contribution in [0.1, 0.15) is 43.5 Å². The fourth-order valence-corrected chi connectivity index (χ4v) is 2.81. The van der Waals surface area contributed by atoms with Crippen molar-refractivity contribution in [1.82, 2.24) is 5.32 Å². The maximum absolute atomic E-state index is 12.5. The molecule has 0 fully saturated rings. The lowest BCUT2D eigenvalue weighted by atomic mass is 10.0. The second kappa shape index (κ2) is 8.67. The smallest absolute Gasteiger partial charge is 0.241 e. The highest BCUT2D eigenvalue weighted by Crippen LogP contribution is 2.26. The average molecular weight is 340 g/mol. The summed E-state index contributed by atoms with van der Waals surface area (Å²) in [6.45, 7) is 8.07. The Kier molecular flexibility index (Phi) is 6.59. The van der Waals surface area contributed by atoms with Crippen molar-refractivity contribution >= 4 is 11.6 Å². The van der Waals surface area contributed by atoms with Crippen molar-refractivity contribution in [2.24, 2.45) is 0 Å². The van der Waals surface area contributed by atoms with Crippen LogP contribution in [0.15, 0.2) is 42.5 Å². The minimum Gasteiger partial charge on any atom is -0.496 e. The number of ether oxygens (including phenoxy) is 1. The van der Waals surface area contributed by atoms with Gasteiger partial charge in [0.15, 0.2) is 0 Å². The zero-order chi connectivity index (χ0) is 18.4. The Morgan fingerprint density at radius 1 is 1.12 bits per heavy atom. The molecule has 25 heavy (non-hydrogen) atoms. The predicted octanol–water partition coefficient (Wildman–Crippen LogP) is 4.24. The van der Waals surface area contributed by atoms with Crippen molar-refractivity contribution in [3.8, 4) is 5.75 Å². The van der Waals surface area contributed by atoms with Crippen molar-refractivity contribution in [3.63, 3.8) is 0 Å². The predicted molar refractivity (Wildman–Crippen MR) is 103 cm³/mol. The molecule has 0 aromatic heterocycles. The number of amides is 1. The number of hydrogen-bond acceptors (Lipinski definition) is 3. The van der Waals surface area contributed by atoms with Crippen LogP contribution in [-0.2, 0) is 11.2 Å². The molecule has 0 spiro atoms. The normalized spacial score (nSPS) is 13.2. The summed E-state index contributed by atoms with van der Waals surface area (Å²) in [5.74, 6) is 0.774. The molecular weight excluding hydrogens is 312 g/mol. The highest BCUT2D eigenvalue weighted by molar-refractivity contribution is 5.94. The van der Waals surface area contributed by atoms with Crippen LogP contribution in [0.2, 0.25) is 0 Å². The monoisotopic (exact) mass is 340 g/mol. The number of rotatable bonds is 7. The Morgan fingerprint density at radius 2 is 1.80 bits per heavy atom. The molecule has 0 aliphatic rings. The highest BCUT2D eigenvalue weighted by atomic mass is 16.5. The summed E-state index contributed by atoms with van der Waals surface area (Å²) in [5, 5.41) is 6.31. The number of carbonyl (C=O) groups excluding carboxylic acids is 1. The maximum Gasteiger partial charge on any atom is 0.241 e. The molecule has 2 aromatic rings. The van der Waals surface area contributed by atoms with Gasteiger partial charge in [0, 0.05) is 17.3 Å². The summed E-state index contributed by atoms with van der Waals surface area (Å²) in [6, 6.07) is 13.7. The molecule has 0 radical (unpaired) electrons. The second-order valence-electron chi connectivity index (χ2n) is 6.40. The first-order chi connectivity index (χ1) is 11.9. The lowest BCUT2D eigenvalue weighted by Crippen LogP contribution is -2.39. The third-order valence-electron chi connectivity index (χ3n) is 4.37. The summed E-state index contributed by atoms with van der Waals surface area (Å²) in [7, 11) is 1.66. The molecule has 2 N–H and O–H groups in total. The molecule has 2 unspecified atom stereocenters. The quantitative estimate of drug-likeness (QED) is 0.792. The summed E-state index contributed by atoms with van der Waals surface area (Å²) in [4.78, 5) is 12.5. The van der Waals surface area contributed by atoms with Gasteiger partial charge in [0.1, 0.15) is 5.75 Å². The van der Waals surface area contributed by atoms with Crippen molar-refractivity contribution in [2.75, 3.05) is 12.4 Å². The van der Waals surface area contributed by atoms with E-state index in [9.17, 15) is 4.79 Å². The van der Waals surface area contributed by atoms with Gasteiger partial charge in [0.2, 0.25) is 5.91 Å². The molecule has 2 rings (SSSR count). The molecule has 0 saturated heterocycles. The third-order valence-corrected chi connectivity index (χ3v) is 4.37. The molecule has 134 valence electrons. The zero-order valence-electron chi connectivity index (χ0n) is 15.7. The fraction of sp³-hybridized carbons (Fsp3) is 0.381. The lowest BCUT2D eigenvalue weighted by Gasteiger charge is -2.22. The van der Waals surface area contributed by atoms with Crippen molar-refractivity contribution in [1.29, 1.82) is 0 Å². The molecule has 0 aliphatic carbocycles. The molecule has 0 saturated carbocycles. The molecule has 0 bridgehead atoms. The number of carbonyl (C=O) groups is 1. The van der Waals surface area contributed by atoms with Gasteiger partial charge < -0.3 is 10.1 Å². The van der Waals surface area contributed by atoms with E-state index in [1.807, 2.05) is 57.2 Å². The van der Waals surface area contributed by atoms with E-state index in [1.165, 1.54) is 5.56 Å². The van der Waals surface area contributed by atoms with Crippen LogP contribution in [0.25, 0.3) is 0 Å². The van der Waals surface area contributed by atoms with E-state index in [0.29, 0.717) is 0 Å². The molecule has 4 nitrogen and oxygen atoms in total. The Hall–Kier alpha value is -2.33. The van der Waals surface area contributed by atoms with Gasteiger partial charge in [-0.25, -0.2) is 0 Å². The van der Waals surface area contributed by atoms with Crippen LogP contribution in [0.3, 0.4) is 0 Å². The van der Waals surface area contributed by atoms with Crippen LogP contribution in [0, 0.1) is 6.92 Å². The van der Waals surface area contributed by atoms with Gasteiger partial charge in [-0.2, -0.15) is 0 Å². The number of aryl methyl sites for hydroxylation is 2. The Bertz CT molecular complexity index is 710. The summed E-state index contributed by atoms with van der Waals surface area (Å²) in [6.07, 6.45) is 0.988. The van der Waals surface area contributed by atoms with Gasteiger partial charge in [-0.05, 0) is 51.0 Å². The van der Waals surface area contributed by atoms with Crippen molar-refractivity contribution < 1.29 is 9.53 Å². The fourth-order valence-electron chi connectivity index (χ4n) is 2.81. The molecule has 0 heterocycles. The molecule has 2 atom stereocenters. The van der Waals surface area contributed by atoms with E-state index < -0.39 is 0 Å². The minimum atomic E-state index is -0.328. The minimum absolute atomic E-state index is 0.00179. The van der Waals surface area contributed by atoms with Gasteiger partial charge in [-0.3, -0.25) is 10.1 Å². The Labute approximate surface area is 150 Å². The van der Waals surface area contributed by atoms with Gasteiger partial charge in [-0.15, -0.1) is 0 Å². The SMILES string of the molecule is CCc1ccc(NC(=O)C(C)NC(C)c2cc(C)ccc2OC)cc1. The number of anilines is 1. The summed E-state index contributed by atoms with van der Waals surface area (Å²) < 4.78 is 5.44. The lowest BCUT2D eigenvalue weighted by molar-refractivity contribution is -0.117. The van der Waals surface area contributed by atoms with E-state index in [-0.39, 0.29) is 18.0 Å². The maximum atomic E-state index is 12.5. The third kappa shape index (κ3) is 5.07. The number of methoxy groups -OCH3 is 1. The van der Waals surface area contributed by atoms with Crippen molar-refractivity contribution in [3.05, 3.63) is 59.2 Å². The van der Waals surface area contributed by atoms with Crippen molar-refractivity contribution in [2.45, 2.75) is 46.2 Å². The number of hydrogen-bond donors (Lipinski definition) is 2. The molecule has 0 aliphatic heterocycles. The number of nitrogens with one attached hydrogen (secondary N) is 2. The van der Waals surface area contributed by atoms with Gasteiger partial charge >= 0.3 is 0 Å². The Balaban J connectivity index is 2.01. The van der Waals surface area contributed by atoms with Crippen LogP contribution in [0.4, 0.5) is 5.69 Å². The Morgan fingerprint density at radius 3 is 2.40 bits per heavy atom. The van der Waals surface area contributed by atoms with E-state index in [0.717, 1.165) is 29.0 Å². The van der Waals surface area contributed by atoms with Crippen LogP contribution in [-0.4, -0.2) is 19.1 Å². The standard InChI is InChI=1S/C21H28N2O2/c1-6-17-8-10-18(11-9-17)23-21(24)16(4)22-15(3)19-13-14(2)7-12-20(19)25-5/h7-13,15-16,22H,6H2,1-5H3,(H,23,24). The highest BCUT2D eigenvalue weighted by Gasteiger charge is 2.18. The van der Waals surface area contributed by atoms with E-state index in [2.05, 4.69) is 23.6 Å². The van der Waals surface area contributed by atoms with Crippen LogP contribution in [0.5, 0.6) is 5.75 Å². The van der Waals surface area contributed by atoms with Gasteiger partial charge in [-0.1, -0.05) is 36.8 Å². The number of benzene rings is 2. The first-order valence-electron chi connectivity index (χ1n) is 8.75. The van der Waals surface area contributed by atoms with Crippen LogP contribution < -0.4 is 15.4 Å². The van der Waals surface area contributed by atoms with E-state index >= 15 is 0 Å². The largest absolute Gasteiger partial charge is 0.496 e. The molecular formula is C21H28N2O2. The summed E-state index contributed by atoms with van der Waals surface area (Å²) >= 11 is 0. The van der Waals surface area contributed by atoms with Gasteiger partial charge in [0.05, 0.1) is 13.2 Å². The molecule has 2 aromatic carbocycles. The first-order valence-corrected chi connectivity index (χ1v) is 8.75. The summed E-state index contributed by atoms with van der Waals surface area (Å²) in [5.41, 5.74) is 4.29. The first kappa shape index (κ1) is 19.0. The van der Waals surface area contributed by atoms with E-state index in [4.69, 9.17) is 4.74 Å². The average Bonchev–Trinajstić information content (AvgIpc) is 2.62. The zero-order valence-corrected chi connectivity index (χ0v) is 15.7. The topological polar surface area (TPSA) is 50.4 Å². The molecule has 1 amide bonds. The second-order valence-corrected chi connectivity index (χ2v) is 6.40. The molecule has 4 heteroatoms. The van der Waals surface area contributed by atoms with Gasteiger partial charge in [0.25, 0.3) is 0 Å². The van der Waals surface area contributed by atoms with Crippen LogP contribution >= 0.6 is 0 Å².